The Morgan fingerprint density at radius 2 is 1.96 bits per heavy atom. The molecule has 1 N–H and O–H groups in total. The third-order valence-corrected chi connectivity index (χ3v) is 4.08. The largest absolute Gasteiger partial charge is 0.485 e. The summed E-state index contributed by atoms with van der Waals surface area (Å²) in [5.74, 6) is 0.294. The monoisotopic (exact) mass is 381 g/mol. The third-order valence-electron chi connectivity index (χ3n) is 4.08. The molecule has 0 saturated heterocycles. The number of pyridine rings is 1. The number of aryl methyl sites for hydroxylation is 1. The lowest BCUT2D eigenvalue weighted by atomic mass is 10.2. The molecule has 3 rings (SSSR count). The molecule has 144 valence electrons. The van der Waals surface area contributed by atoms with Crippen LogP contribution in [0.15, 0.2) is 48.7 Å². The van der Waals surface area contributed by atoms with Gasteiger partial charge in [0.2, 0.25) is 5.91 Å². The highest BCUT2D eigenvalue weighted by molar-refractivity contribution is 5.91. The van der Waals surface area contributed by atoms with E-state index in [2.05, 4.69) is 15.4 Å². The average molecular weight is 381 g/mol. The number of nitro groups is 1. The molecule has 0 unspecified atom stereocenters. The van der Waals surface area contributed by atoms with E-state index >= 15 is 0 Å². The molecule has 0 spiro atoms. The quantitative estimate of drug-likeness (QED) is 0.497. The van der Waals surface area contributed by atoms with Crippen LogP contribution in [-0.4, -0.2) is 25.6 Å². The predicted molar refractivity (Wildman–Crippen MR) is 102 cm³/mol. The van der Waals surface area contributed by atoms with Crippen molar-refractivity contribution in [2.24, 2.45) is 0 Å². The standard InChI is InChI=1S/C19H19N5O4/c1-13-18(24(26)27)14(2)23(22-13)11-17(25)21-19-16(9-6-10-20-19)28-12-15-7-4-3-5-8-15/h3-10H,11-12H2,1-2H3,(H,20,21,25). The van der Waals surface area contributed by atoms with Gasteiger partial charge in [0, 0.05) is 6.20 Å². The van der Waals surface area contributed by atoms with E-state index in [0.717, 1.165) is 5.56 Å². The van der Waals surface area contributed by atoms with Crippen LogP contribution in [0.4, 0.5) is 11.5 Å². The van der Waals surface area contributed by atoms with Gasteiger partial charge in [0.1, 0.15) is 24.5 Å². The Morgan fingerprint density at radius 1 is 1.21 bits per heavy atom. The molecule has 0 aliphatic heterocycles. The summed E-state index contributed by atoms with van der Waals surface area (Å²) in [6.07, 6.45) is 1.54. The van der Waals surface area contributed by atoms with Gasteiger partial charge in [0.25, 0.3) is 0 Å². The molecule has 0 aliphatic rings. The van der Waals surface area contributed by atoms with E-state index in [4.69, 9.17) is 4.74 Å². The normalized spacial score (nSPS) is 10.5. The van der Waals surface area contributed by atoms with E-state index in [-0.39, 0.29) is 23.7 Å². The minimum Gasteiger partial charge on any atom is -0.485 e. The van der Waals surface area contributed by atoms with Crippen LogP contribution in [0.1, 0.15) is 17.0 Å². The zero-order valence-electron chi connectivity index (χ0n) is 15.5. The van der Waals surface area contributed by atoms with Crippen LogP contribution in [0.5, 0.6) is 5.75 Å². The second-order valence-electron chi connectivity index (χ2n) is 6.11. The van der Waals surface area contributed by atoms with Gasteiger partial charge in [0.05, 0.1) is 4.92 Å². The van der Waals surface area contributed by atoms with Crippen molar-refractivity contribution in [1.29, 1.82) is 0 Å². The molecule has 28 heavy (non-hydrogen) atoms. The van der Waals surface area contributed by atoms with Crippen molar-refractivity contribution < 1.29 is 14.5 Å². The van der Waals surface area contributed by atoms with E-state index in [1.165, 1.54) is 11.6 Å². The number of anilines is 1. The Labute approximate surface area is 161 Å². The van der Waals surface area contributed by atoms with Gasteiger partial charge in [0.15, 0.2) is 11.6 Å². The van der Waals surface area contributed by atoms with E-state index < -0.39 is 10.8 Å². The van der Waals surface area contributed by atoms with E-state index in [0.29, 0.717) is 18.1 Å². The summed E-state index contributed by atoms with van der Waals surface area (Å²) in [5.41, 5.74) is 1.48. The van der Waals surface area contributed by atoms with Gasteiger partial charge in [-0.3, -0.25) is 19.6 Å². The predicted octanol–water partition coefficient (Wildman–Crippen LogP) is 3.02. The first-order valence-electron chi connectivity index (χ1n) is 8.55. The van der Waals surface area contributed by atoms with Crippen LogP contribution in [-0.2, 0) is 17.9 Å². The summed E-state index contributed by atoms with van der Waals surface area (Å²) in [5, 5.41) is 17.8. The zero-order valence-corrected chi connectivity index (χ0v) is 15.5. The van der Waals surface area contributed by atoms with E-state index in [1.807, 2.05) is 30.3 Å². The molecule has 3 aromatic rings. The number of carbonyl (C=O) groups excluding carboxylic acids is 1. The molecular weight excluding hydrogens is 362 g/mol. The maximum absolute atomic E-state index is 12.4. The van der Waals surface area contributed by atoms with Crippen LogP contribution in [0, 0.1) is 24.0 Å². The molecule has 9 heteroatoms. The summed E-state index contributed by atoms with van der Waals surface area (Å²) >= 11 is 0. The number of amides is 1. The maximum atomic E-state index is 12.4. The van der Waals surface area contributed by atoms with Gasteiger partial charge in [-0.25, -0.2) is 4.98 Å². The Hall–Kier alpha value is -3.75. The fourth-order valence-electron chi connectivity index (χ4n) is 2.75. The molecule has 0 bridgehead atoms. The van der Waals surface area contributed by atoms with Gasteiger partial charge in [-0.1, -0.05) is 30.3 Å². The van der Waals surface area contributed by atoms with Crippen molar-refractivity contribution in [1.82, 2.24) is 14.8 Å². The first kappa shape index (κ1) is 19.0. The van der Waals surface area contributed by atoms with Gasteiger partial charge in [-0.15, -0.1) is 0 Å². The van der Waals surface area contributed by atoms with Gasteiger partial charge in [-0.2, -0.15) is 5.10 Å². The van der Waals surface area contributed by atoms with Gasteiger partial charge in [-0.05, 0) is 31.5 Å². The van der Waals surface area contributed by atoms with Gasteiger partial charge < -0.3 is 10.1 Å². The van der Waals surface area contributed by atoms with Crippen molar-refractivity contribution in [2.45, 2.75) is 27.0 Å². The average Bonchev–Trinajstić information content (AvgIpc) is 2.95. The number of aromatic nitrogens is 3. The van der Waals surface area contributed by atoms with Crippen molar-refractivity contribution in [3.8, 4) is 5.75 Å². The maximum Gasteiger partial charge on any atom is 0.312 e. The van der Waals surface area contributed by atoms with Crippen LogP contribution in [0.3, 0.4) is 0 Å². The Bertz CT molecular complexity index is 1000. The number of nitrogens with one attached hydrogen (secondary N) is 1. The number of carbonyl (C=O) groups is 1. The van der Waals surface area contributed by atoms with Crippen molar-refractivity contribution in [3.05, 3.63) is 75.7 Å². The Balaban J connectivity index is 1.69. The van der Waals surface area contributed by atoms with Crippen molar-refractivity contribution in [3.63, 3.8) is 0 Å². The SMILES string of the molecule is Cc1nn(CC(=O)Nc2ncccc2OCc2ccccc2)c(C)c1[N+](=O)[O-]. The number of hydrogen-bond donors (Lipinski definition) is 1. The first-order chi connectivity index (χ1) is 13.5. The zero-order chi connectivity index (χ0) is 20.1. The number of benzene rings is 1. The van der Waals surface area contributed by atoms with E-state index in [1.54, 1.807) is 25.3 Å². The summed E-state index contributed by atoms with van der Waals surface area (Å²) in [7, 11) is 0. The Morgan fingerprint density at radius 3 is 2.64 bits per heavy atom. The second-order valence-corrected chi connectivity index (χ2v) is 6.11. The lowest BCUT2D eigenvalue weighted by Gasteiger charge is -2.12. The van der Waals surface area contributed by atoms with Gasteiger partial charge >= 0.3 is 5.69 Å². The fraction of sp³-hybridized carbons (Fsp3) is 0.211. The molecule has 1 aromatic carbocycles. The van der Waals surface area contributed by atoms with E-state index in [9.17, 15) is 14.9 Å². The number of hydrogen-bond acceptors (Lipinski definition) is 6. The molecule has 2 aromatic heterocycles. The minimum absolute atomic E-state index is 0.0856. The molecule has 0 aliphatic carbocycles. The van der Waals surface area contributed by atoms with Crippen LogP contribution in [0.2, 0.25) is 0 Å². The van der Waals surface area contributed by atoms with Crippen molar-refractivity contribution >= 4 is 17.4 Å². The summed E-state index contributed by atoms with van der Waals surface area (Å²) < 4.78 is 7.07. The Kier molecular flexibility index (Phi) is 5.64. The topological polar surface area (TPSA) is 112 Å². The molecule has 0 fully saturated rings. The van der Waals surface area contributed by atoms with Crippen LogP contribution < -0.4 is 10.1 Å². The fourth-order valence-corrected chi connectivity index (χ4v) is 2.75. The first-order valence-corrected chi connectivity index (χ1v) is 8.55. The summed E-state index contributed by atoms with van der Waals surface area (Å²) in [6, 6.07) is 13.0. The molecule has 0 atom stereocenters. The smallest absolute Gasteiger partial charge is 0.312 e. The number of nitrogens with zero attached hydrogens (tertiary/aromatic N) is 4. The molecule has 9 nitrogen and oxygen atoms in total. The number of rotatable bonds is 7. The molecule has 0 radical (unpaired) electrons. The van der Waals surface area contributed by atoms with Crippen LogP contribution in [0.25, 0.3) is 0 Å². The highest BCUT2D eigenvalue weighted by atomic mass is 16.6. The lowest BCUT2D eigenvalue weighted by Crippen LogP contribution is -2.21. The highest BCUT2D eigenvalue weighted by Crippen LogP contribution is 2.24. The third kappa shape index (κ3) is 4.32. The molecule has 0 saturated carbocycles. The molecule has 2 heterocycles. The molecular formula is C19H19N5O4. The minimum atomic E-state index is -0.500. The summed E-state index contributed by atoms with van der Waals surface area (Å²) in [6.45, 7) is 3.25. The van der Waals surface area contributed by atoms with Crippen LogP contribution >= 0.6 is 0 Å². The molecule has 1 amide bonds. The number of ether oxygens (including phenoxy) is 1. The second kappa shape index (κ2) is 8.30. The van der Waals surface area contributed by atoms with Crippen molar-refractivity contribution in [2.75, 3.05) is 5.32 Å². The highest BCUT2D eigenvalue weighted by Gasteiger charge is 2.23. The lowest BCUT2D eigenvalue weighted by molar-refractivity contribution is -0.386. The summed E-state index contributed by atoms with van der Waals surface area (Å²) in [4.78, 5) is 27.2.